The molecule has 140 valence electrons. The highest BCUT2D eigenvalue weighted by Crippen LogP contribution is 2.44. The highest BCUT2D eigenvalue weighted by atomic mass is 35.5. The maximum atomic E-state index is 12.7. The van der Waals surface area contributed by atoms with Crippen molar-refractivity contribution in [2.75, 3.05) is 19.1 Å². The van der Waals surface area contributed by atoms with E-state index in [9.17, 15) is 27.9 Å². The van der Waals surface area contributed by atoms with Crippen molar-refractivity contribution in [1.29, 1.82) is 0 Å². The van der Waals surface area contributed by atoms with E-state index < -0.39 is 24.0 Å². The van der Waals surface area contributed by atoms with Crippen LogP contribution in [0.25, 0.3) is 0 Å². The second-order valence-electron chi connectivity index (χ2n) is 5.31. The molecule has 2 aromatic carbocycles. The van der Waals surface area contributed by atoms with E-state index in [1.807, 2.05) is 0 Å². The zero-order valence-corrected chi connectivity index (χ0v) is 15.2. The Labute approximate surface area is 151 Å². The van der Waals surface area contributed by atoms with Crippen LogP contribution in [0.2, 0.25) is 5.02 Å². The van der Waals surface area contributed by atoms with Crippen LogP contribution < -0.4 is 10.6 Å². The van der Waals surface area contributed by atoms with E-state index >= 15 is 0 Å². The van der Waals surface area contributed by atoms with Crippen molar-refractivity contribution in [3.8, 4) is 0 Å². The third-order valence-corrected chi connectivity index (χ3v) is 5.78. The van der Waals surface area contributed by atoms with Gasteiger partial charge in [0.1, 0.15) is 5.30 Å². The molecule has 0 bridgehead atoms. The Balaban J connectivity index is 2.44. The van der Waals surface area contributed by atoms with E-state index in [0.29, 0.717) is 0 Å². The summed E-state index contributed by atoms with van der Waals surface area (Å²) in [6.07, 6.45) is -4.53. The Morgan fingerprint density at radius 3 is 2.38 bits per heavy atom. The second kappa shape index (κ2) is 7.26. The minimum absolute atomic E-state index is 0.127. The average molecular weight is 409 g/mol. The third-order valence-electron chi connectivity index (χ3n) is 3.53. The van der Waals surface area contributed by atoms with Crippen molar-refractivity contribution in [1.82, 2.24) is 0 Å². The number of anilines is 2. The van der Waals surface area contributed by atoms with Gasteiger partial charge in [0.2, 0.25) is 7.37 Å². The molecule has 0 radical (unpaired) electrons. The fourth-order valence-electron chi connectivity index (χ4n) is 2.13. The van der Waals surface area contributed by atoms with Crippen molar-refractivity contribution in [3.63, 3.8) is 0 Å². The lowest BCUT2D eigenvalue weighted by Gasteiger charge is -2.15. The molecule has 0 aliphatic carbocycles. The van der Waals surface area contributed by atoms with Gasteiger partial charge in [-0.15, -0.1) is 0 Å². The lowest BCUT2D eigenvalue weighted by atomic mass is 10.2. The number of halogens is 4. The molecule has 11 heteroatoms. The van der Waals surface area contributed by atoms with Gasteiger partial charge in [-0.25, -0.2) is 0 Å². The van der Waals surface area contributed by atoms with Crippen LogP contribution in [0.3, 0.4) is 0 Å². The zero-order chi connectivity index (χ0) is 19.7. The van der Waals surface area contributed by atoms with Crippen LogP contribution in [-0.4, -0.2) is 18.7 Å². The topological polar surface area (TPSA) is 81.5 Å². The maximum Gasteiger partial charge on any atom is 0.416 e. The molecular weight excluding hydrogens is 396 g/mol. The summed E-state index contributed by atoms with van der Waals surface area (Å²) in [6.45, 7) is 1.23. The molecule has 6 nitrogen and oxygen atoms in total. The van der Waals surface area contributed by atoms with E-state index in [-0.39, 0.29) is 27.4 Å². The first-order valence-electron chi connectivity index (χ1n) is 7.01. The number of nitrogens with one attached hydrogen (secondary N) is 1. The van der Waals surface area contributed by atoms with Gasteiger partial charge in [0.15, 0.2) is 0 Å². The number of benzene rings is 2. The number of nitrogens with zero attached hydrogens (tertiary/aromatic N) is 1. The number of hydrogen-bond acceptors (Lipinski definition) is 5. The van der Waals surface area contributed by atoms with Crippen LogP contribution in [0, 0.1) is 10.1 Å². The molecule has 0 heterocycles. The van der Waals surface area contributed by atoms with Crippen molar-refractivity contribution >= 4 is 41.3 Å². The summed E-state index contributed by atoms with van der Waals surface area (Å²) >= 11 is 5.87. The zero-order valence-electron chi connectivity index (χ0n) is 13.5. The first kappa shape index (κ1) is 20.2. The normalized spacial score (nSPS) is 13.9. The standard InChI is InChI=1S/C15H13ClF3N2O4P/c1-25-26(2,24)14-8-10(4-6-13(14)21(22)23)20-12-5-3-9(7-11(12)16)15(17,18)19/h3-8,20H,1-2H3. The van der Waals surface area contributed by atoms with Gasteiger partial charge in [0.25, 0.3) is 5.69 Å². The molecule has 2 aromatic rings. The monoisotopic (exact) mass is 408 g/mol. The molecule has 0 fully saturated rings. The van der Waals surface area contributed by atoms with Crippen molar-refractivity contribution in [2.24, 2.45) is 0 Å². The lowest BCUT2D eigenvalue weighted by molar-refractivity contribution is -0.383. The van der Waals surface area contributed by atoms with Crippen LogP contribution in [0.15, 0.2) is 36.4 Å². The predicted molar refractivity (Wildman–Crippen MR) is 93.0 cm³/mol. The molecule has 2 rings (SSSR count). The first-order chi connectivity index (χ1) is 12.0. The summed E-state index contributed by atoms with van der Waals surface area (Å²) in [7, 11) is -2.29. The summed E-state index contributed by atoms with van der Waals surface area (Å²) in [6, 6.07) is 6.44. The van der Waals surface area contributed by atoms with Crippen LogP contribution in [0.1, 0.15) is 5.56 Å². The first-order valence-corrected chi connectivity index (χ1v) is 9.46. The molecular formula is C15H13ClF3N2O4P. The van der Waals surface area contributed by atoms with Gasteiger partial charge in [0, 0.05) is 25.5 Å². The van der Waals surface area contributed by atoms with Gasteiger partial charge >= 0.3 is 6.18 Å². The Hall–Kier alpha value is -2.09. The fourth-order valence-corrected chi connectivity index (χ4v) is 3.50. The summed E-state index contributed by atoms with van der Waals surface area (Å²) in [4.78, 5) is 10.4. The molecule has 1 atom stereocenters. The molecule has 0 saturated heterocycles. The van der Waals surface area contributed by atoms with Gasteiger partial charge in [-0.2, -0.15) is 13.2 Å². The Morgan fingerprint density at radius 2 is 1.88 bits per heavy atom. The Bertz CT molecular complexity index is 905. The predicted octanol–water partition coefficient (Wildman–Crippen LogP) is 5.19. The Morgan fingerprint density at radius 1 is 1.23 bits per heavy atom. The van der Waals surface area contributed by atoms with Gasteiger partial charge in [-0.05, 0) is 30.3 Å². The molecule has 26 heavy (non-hydrogen) atoms. The van der Waals surface area contributed by atoms with E-state index in [1.54, 1.807) is 0 Å². The molecule has 0 aliphatic rings. The smallest absolute Gasteiger partial charge is 0.354 e. The van der Waals surface area contributed by atoms with E-state index in [2.05, 4.69) is 5.32 Å². The quantitative estimate of drug-likeness (QED) is 0.418. The maximum absolute atomic E-state index is 12.7. The van der Waals surface area contributed by atoms with Gasteiger partial charge in [0.05, 0.1) is 21.2 Å². The molecule has 0 aliphatic heterocycles. The van der Waals surface area contributed by atoms with Gasteiger partial charge in [-0.3, -0.25) is 14.7 Å². The lowest BCUT2D eigenvalue weighted by Crippen LogP contribution is -2.12. The summed E-state index contributed by atoms with van der Waals surface area (Å²) < 4.78 is 55.3. The SMILES string of the molecule is COP(C)(=O)c1cc(Nc2ccc(C(F)(F)F)cc2Cl)ccc1[N+](=O)[O-]. The Kier molecular flexibility index (Phi) is 5.65. The number of nitro groups is 1. The van der Waals surface area contributed by atoms with Crippen LogP contribution in [-0.2, 0) is 15.3 Å². The van der Waals surface area contributed by atoms with Crippen LogP contribution >= 0.6 is 19.0 Å². The minimum atomic E-state index is -4.53. The van der Waals surface area contributed by atoms with Crippen LogP contribution in [0.5, 0.6) is 0 Å². The van der Waals surface area contributed by atoms with E-state index in [0.717, 1.165) is 31.4 Å². The van der Waals surface area contributed by atoms with Gasteiger partial charge < -0.3 is 9.84 Å². The summed E-state index contributed by atoms with van der Waals surface area (Å²) in [5.74, 6) is 0. The van der Waals surface area contributed by atoms with Gasteiger partial charge in [-0.1, -0.05) is 11.6 Å². The molecule has 1 unspecified atom stereocenters. The minimum Gasteiger partial charge on any atom is -0.354 e. The number of hydrogen-bond donors (Lipinski definition) is 1. The third kappa shape index (κ3) is 4.35. The number of rotatable bonds is 5. The molecule has 0 saturated carbocycles. The number of nitro benzene ring substituents is 1. The molecule has 0 aromatic heterocycles. The summed E-state index contributed by atoms with van der Waals surface area (Å²) in [5, 5.41) is 13.6. The second-order valence-corrected chi connectivity index (χ2v) is 8.25. The summed E-state index contributed by atoms with van der Waals surface area (Å²) in [5.41, 5.74) is -0.883. The molecule has 1 N–H and O–H groups in total. The van der Waals surface area contributed by atoms with Crippen LogP contribution in [0.4, 0.5) is 30.2 Å². The molecule has 0 amide bonds. The molecule has 0 spiro atoms. The fraction of sp³-hybridized carbons (Fsp3) is 0.200. The largest absolute Gasteiger partial charge is 0.416 e. The van der Waals surface area contributed by atoms with Crippen molar-refractivity contribution in [2.45, 2.75) is 6.18 Å². The van der Waals surface area contributed by atoms with Crippen molar-refractivity contribution in [3.05, 3.63) is 57.1 Å². The highest BCUT2D eigenvalue weighted by Gasteiger charge is 2.31. The number of alkyl halides is 3. The highest BCUT2D eigenvalue weighted by molar-refractivity contribution is 7.66. The van der Waals surface area contributed by atoms with E-state index in [4.69, 9.17) is 16.1 Å². The van der Waals surface area contributed by atoms with E-state index in [1.165, 1.54) is 18.8 Å². The average Bonchev–Trinajstić information content (AvgIpc) is 2.55. The van der Waals surface area contributed by atoms with Crippen molar-refractivity contribution < 1.29 is 27.2 Å².